The molecule has 0 spiro atoms. The first-order valence-corrected chi connectivity index (χ1v) is 3.50. The van der Waals surface area contributed by atoms with Gasteiger partial charge in [-0.3, -0.25) is 0 Å². The van der Waals surface area contributed by atoms with Crippen molar-refractivity contribution < 1.29 is 4.79 Å². The molecule has 1 rings (SSSR count). The van der Waals surface area contributed by atoms with E-state index < -0.39 is 5.92 Å². The zero-order valence-corrected chi connectivity index (χ0v) is 5.84. The van der Waals surface area contributed by atoms with Crippen molar-refractivity contribution in [2.45, 2.75) is 5.92 Å². The Morgan fingerprint density at radius 3 is 3.10 bits per heavy atom. The van der Waals surface area contributed by atoms with Gasteiger partial charge < -0.3 is 4.79 Å². The van der Waals surface area contributed by atoms with Gasteiger partial charge in [-0.1, -0.05) is 0 Å². The van der Waals surface area contributed by atoms with Crippen molar-refractivity contribution in [2.75, 3.05) is 0 Å². The Morgan fingerprint density at radius 1 is 1.90 bits per heavy atom. The van der Waals surface area contributed by atoms with E-state index in [0.29, 0.717) is 11.3 Å². The number of carbonyl (C=O) groups is 1. The highest BCUT2D eigenvalue weighted by Crippen LogP contribution is 2.14. The minimum atomic E-state index is -0.681. The Hall–Kier alpha value is -1.21. The molecule has 0 aliphatic heterocycles. The number of aldehydes is 1. The van der Waals surface area contributed by atoms with Crippen LogP contribution in [-0.2, 0) is 4.79 Å². The Balaban J connectivity index is 2.86. The van der Waals surface area contributed by atoms with Crippen LogP contribution in [-0.4, -0.2) is 11.3 Å². The Morgan fingerprint density at radius 2 is 2.70 bits per heavy atom. The topological polar surface area (TPSA) is 53.8 Å². The van der Waals surface area contributed by atoms with Crippen LogP contribution < -0.4 is 0 Å². The molecule has 10 heavy (non-hydrogen) atoms. The second kappa shape index (κ2) is 3.08. The van der Waals surface area contributed by atoms with Gasteiger partial charge in [0, 0.05) is 11.6 Å². The minimum Gasteiger partial charge on any atom is -0.301 e. The number of aromatic nitrogens is 1. The maximum absolute atomic E-state index is 10.2. The van der Waals surface area contributed by atoms with E-state index in [1.165, 1.54) is 11.3 Å². The molecule has 0 aliphatic carbocycles. The first kappa shape index (κ1) is 6.90. The lowest BCUT2D eigenvalue weighted by atomic mass is 10.2. The molecule has 0 aromatic carbocycles. The minimum absolute atomic E-state index is 0.567. The second-order valence-corrected chi connectivity index (χ2v) is 2.54. The zero-order chi connectivity index (χ0) is 7.40. The van der Waals surface area contributed by atoms with Crippen LogP contribution in [0.25, 0.3) is 0 Å². The molecule has 0 radical (unpaired) electrons. The van der Waals surface area contributed by atoms with Gasteiger partial charge in [0.1, 0.15) is 11.3 Å². The lowest BCUT2D eigenvalue weighted by Gasteiger charge is -1.89. The molecule has 0 aliphatic rings. The van der Waals surface area contributed by atoms with Gasteiger partial charge in [-0.15, -0.1) is 11.3 Å². The van der Waals surface area contributed by atoms with Gasteiger partial charge in [-0.05, 0) is 0 Å². The normalized spacial score (nSPS) is 11.9. The van der Waals surface area contributed by atoms with E-state index in [1.54, 1.807) is 11.6 Å². The number of thiazole rings is 1. The number of rotatable bonds is 2. The summed E-state index contributed by atoms with van der Waals surface area (Å²) < 4.78 is 0. The summed E-state index contributed by atoms with van der Waals surface area (Å²) in [5.41, 5.74) is 0. The molecule has 0 N–H and O–H groups in total. The predicted molar refractivity (Wildman–Crippen MR) is 36.5 cm³/mol. The fraction of sp³-hybridized carbons (Fsp3) is 0.167. The molecule has 50 valence electrons. The molecule has 0 saturated carbocycles. The van der Waals surface area contributed by atoms with Crippen LogP contribution in [0.4, 0.5) is 0 Å². The summed E-state index contributed by atoms with van der Waals surface area (Å²) in [6, 6.07) is 1.83. The van der Waals surface area contributed by atoms with Crippen molar-refractivity contribution in [2.24, 2.45) is 0 Å². The summed E-state index contributed by atoms with van der Waals surface area (Å²) in [6.45, 7) is 0. The van der Waals surface area contributed by atoms with Crippen LogP contribution in [0.2, 0.25) is 0 Å². The van der Waals surface area contributed by atoms with Gasteiger partial charge in [-0.25, -0.2) is 4.98 Å². The maximum atomic E-state index is 10.2. The lowest BCUT2D eigenvalue weighted by molar-refractivity contribution is -0.108. The fourth-order valence-electron chi connectivity index (χ4n) is 0.532. The van der Waals surface area contributed by atoms with Crippen molar-refractivity contribution in [1.82, 2.24) is 4.98 Å². The van der Waals surface area contributed by atoms with Crippen molar-refractivity contribution in [1.29, 1.82) is 5.26 Å². The third-order valence-corrected chi connectivity index (χ3v) is 1.85. The SMILES string of the molecule is N#CC(C=O)c1nccs1. The largest absolute Gasteiger partial charge is 0.301 e. The number of hydrogen-bond acceptors (Lipinski definition) is 4. The summed E-state index contributed by atoms with van der Waals surface area (Å²) in [4.78, 5) is 14.0. The Bertz CT molecular complexity index is 249. The number of hydrogen-bond donors (Lipinski definition) is 0. The summed E-state index contributed by atoms with van der Waals surface area (Å²) in [7, 11) is 0. The van der Waals surface area contributed by atoms with E-state index in [0.717, 1.165) is 0 Å². The Labute approximate surface area is 61.9 Å². The van der Waals surface area contributed by atoms with E-state index in [1.807, 2.05) is 6.07 Å². The molecule has 1 aromatic rings. The molecular weight excluding hydrogens is 148 g/mol. The van der Waals surface area contributed by atoms with Crippen molar-refractivity contribution in [3.05, 3.63) is 16.6 Å². The van der Waals surface area contributed by atoms with Crippen LogP contribution in [0.5, 0.6) is 0 Å². The third-order valence-electron chi connectivity index (χ3n) is 0.993. The van der Waals surface area contributed by atoms with Crippen molar-refractivity contribution in [3.8, 4) is 6.07 Å². The van der Waals surface area contributed by atoms with Crippen LogP contribution >= 0.6 is 11.3 Å². The van der Waals surface area contributed by atoms with Crippen LogP contribution in [0.1, 0.15) is 10.9 Å². The smallest absolute Gasteiger partial charge is 0.153 e. The molecule has 0 fully saturated rings. The Kier molecular flexibility index (Phi) is 2.13. The molecule has 0 saturated heterocycles. The van der Waals surface area contributed by atoms with Gasteiger partial charge >= 0.3 is 0 Å². The van der Waals surface area contributed by atoms with Crippen LogP contribution in [0.15, 0.2) is 11.6 Å². The van der Waals surface area contributed by atoms with Gasteiger partial charge in [0.2, 0.25) is 0 Å². The zero-order valence-electron chi connectivity index (χ0n) is 5.02. The highest BCUT2D eigenvalue weighted by atomic mass is 32.1. The third kappa shape index (κ3) is 1.20. The summed E-state index contributed by atoms with van der Waals surface area (Å²) in [5, 5.41) is 10.7. The first-order chi connectivity index (χ1) is 4.88. The molecule has 1 unspecified atom stereocenters. The summed E-state index contributed by atoms with van der Waals surface area (Å²) in [6.07, 6.45) is 2.17. The number of nitriles is 1. The highest BCUT2D eigenvalue weighted by Gasteiger charge is 2.10. The second-order valence-electron chi connectivity index (χ2n) is 1.61. The van der Waals surface area contributed by atoms with Crippen molar-refractivity contribution in [3.63, 3.8) is 0 Å². The molecule has 4 heteroatoms. The molecule has 3 nitrogen and oxygen atoms in total. The highest BCUT2D eigenvalue weighted by molar-refractivity contribution is 7.09. The molecule has 1 heterocycles. The summed E-state index contributed by atoms with van der Waals surface area (Å²) in [5.74, 6) is -0.681. The molecule has 0 bridgehead atoms. The quantitative estimate of drug-likeness (QED) is 0.593. The standard InChI is InChI=1S/C6H4N2OS/c7-3-5(4-9)6-8-1-2-10-6/h1-2,4-5H. The van der Waals surface area contributed by atoms with E-state index in [4.69, 9.17) is 5.26 Å². The van der Waals surface area contributed by atoms with Gasteiger partial charge in [0.25, 0.3) is 0 Å². The van der Waals surface area contributed by atoms with E-state index in [2.05, 4.69) is 4.98 Å². The average Bonchev–Trinajstić information content (AvgIpc) is 2.43. The monoisotopic (exact) mass is 152 g/mol. The van der Waals surface area contributed by atoms with Crippen LogP contribution in [0.3, 0.4) is 0 Å². The first-order valence-electron chi connectivity index (χ1n) is 2.62. The van der Waals surface area contributed by atoms with Gasteiger partial charge in [0.15, 0.2) is 5.92 Å². The molecule has 1 atom stereocenters. The average molecular weight is 152 g/mol. The number of nitrogens with zero attached hydrogens (tertiary/aromatic N) is 2. The fourth-order valence-corrected chi connectivity index (χ4v) is 1.17. The van der Waals surface area contributed by atoms with Crippen LogP contribution in [0, 0.1) is 11.3 Å². The van der Waals surface area contributed by atoms with Gasteiger partial charge in [-0.2, -0.15) is 5.26 Å². The molecular formula is C6H4N2OS. The van der Waals surface area contributed by atoms with E-state index >= 15 is 0 Å². The maximum Gasteiger partial charge on any atom is 0.153 e. The van der Waals surface area contributed by atoms with E-state index in [-0.39, 0.29) is 0 Å². The lowest BCUT2D eigenvalue weighted by Crippen LogP contribution is -1.94. The molecule has 1 aromatic heterocycles. The van der Waals surface area contributed by atoms with Crippen molar-refractivity contribution >= 4 is 17.6 Å². The number of carbonyl (C=O) groups excluding carboxylic acids is 1. The predicted octanol–water partition coefficient (Wildman–Crippen LogP) is 0.949. The summed E-state index contributed by atoms with van der Waals surface area (Å²) >= 11 is 1.32. The molecule has 0 amide bonds. The van der Waals surface area contributed by atoms with Gasteiger partial charge in [0.05, 0.1) is 6.07 Å². The van der Waals surface area contributed by atoms with E-state index in [9.17, 15) is 4.79 Å².